The van der Waals surface area contributed by atoms with Crippen LogP contribution in [0.1, 0.15) is 50.5 Å². The number of nitrogens with zero attached hydrogens (tertiary/aromatic N) is 2. The van der Waals surface area contributed by atoms with Gasteiger partial charge in [-0.1, -0.05) is 49.6 Å². The molecule has 4 rings (SSSR count). The molecule has 1 saturated carbocycles. The minimum Gasteiger partial charge on any atom is -0.396 e. The van der Waals surface area contributed by atoms with E-state index in [9.17, 15) is 5.11 Å². The van der Waals surface area contributed by atoms with E-state index in [4.69, 9.17) is 0 Å². The Bertz CT molecular complexity index is 561. The fourth-order valence-corrected chi connectivity index (χ4v) is 5.98. The van der Waals surface area contributed by atoms with Gasteiger partial charge in [-0.15, -0.1) is 0 Å². The summed E-state index contributed by atoms with van der Waals surface area (Å²) in [6.45, 7) is 7.61. The standard InChI is InChI=1S/C24H38N2O/c27-19-23-18-26(14-11-21-7-3-1-4-8-21)20-24(23)12-15-25(16-13-24)17-22-9-5-2-6-10-22/h1,3-4,7-8,22-23,27H,2,5-6,9-20H2. The minimum atomic E-state index is 0.366. The maximum Gasteiger partial charge on any atom is 0.0477 e. The van der Waals surface area contributed by atoms with E-state index in [1.807, 2.05) is 0 Å². The molecular weight excluding hydrogens is 332 g/mol. The molecule has 27 heavy (non-hydrogen) atoms. The maximum atomic E-state index is 10.1. The van der Waals surface area contributed by atoms with Crippen LogP contribution in [-0.4, -0.2) is 60.8 Å². The highest BCUT2D eigenvalue weighted by atomic mass is 16.3. The SMILES string of the molecule is OCC1CN(CCc2ccccc2)CC12CCN(CC1CCCCC1)CC2. The Kier molecular flexibility index (Phi) is 6.52. The summed E-state index contributed by atoms with van der Waals surface area (Å²) >= 11 is 0. The lowest BCUT2D eigenvalue weighted by atomic mass is 9.71. The molecule has 0 aromatic heterocycles. The zero-order chi connectivity index (χ0) is 18.5. The summed E-state index contributed by atoms with van der Waals surface area (Å²) in [5.74, 6) is 1.43. The van der Waals surface area contributed by atoms with Crippen molar-refractivity contribution in [2.45, 2.75) is 51.4 Å². The van der Waals surface area contributed by atoms with Gasteiger partial charge in [0.15, 0.2) is 0 Å². The van der Waals surface area contributed by atoms with Crippen molar-refractivity contribution in [3.05, 3.63) is 35.9 Å². The fourth-order valence-electron chi connectivity index (χ4n) is 5.98. The summed E-state index contributed by atoms with van der Waals surface area (Å²) in [5, 5.41) is 10.1. The molecule has 3 fully saturated rings. The molecule has 2 aliphatic heterocycles. The summed E-state index contributed by atoms with van der Waals surface area (Å²) in [7, 11) is 0. The number of rotatable bonds is 6. The van der Waals surface area contributed by atoms with Gasteiger partial charge in [0, 0.05) is 38.7 Å². The molecule has 2 heterocycles. The van der Waals surface area contributed by atoms with Crippen molar-refractivity contribution in [1.29, 1.82) is 0 Å². The van der Waals surface area contributed by atoms with Crippen molar-refractivity contribution in [1.82, 2.24) is 9.80 Å². The largest absolute Gasteiger partial charge is 0.396 e. The average Bonchev–Trinajstić information content (AvgIpc) is 3.07. The Morgan fingerprint density at radius 2 is 1.70 bits per heavy atom. The van der Waals surface area contributed by atoms with Crippen LogP contribution in [0.4, 0.5) is 0 Å². The molecule has 1 atom stereocenters. The van der Waals surface area contributed by atoms with Gasteiger partial charge >= 0.3 is 0 Å². The number of hydrogen-bond acceptors (Lipinski definition) is 3. The van der Waals surface area contributed by atoms with Crippen LogP contribution in [0.3, 0.4) is 0 Å². The molecule has 1 aromatic carbocycles. The zero-order valence-corrected chi connectivity index (χ0v) is 17.0. The number of aliphatic hydroxyl groups excluding tert-OH is 1. The second-order valence-electron chi connectivity index (χ2n) is 9.52. The van der Waals surface area contributed by atoms with Crippen molar-refractivity contribution in [3.63, 3.8) is 0 Å². The third-order valence-electron chi connectivity index (χ3n) is 7.76. The first-order valence-electron chi connectivity index (χ1n) is 11.4. The highest BCUT2D eigenvalue weighted by molar-refractivity contribution is 5.15. The van der Waals surface area contributed by atoms with Gasteiger partial charge in [-0.05, 0) is 62.1 Å². The second kappa shape index (κ2) is 9.07. The van der Waals surface area contributed by atoms with E-state index < -0.39 is 0 Å². The number of hydrogen-bond donors (Lipinski definition) is 1. The lowest BCUT2D eigenvalue weighted by Gasteiger charge is -2.43. The third-order valence-corrected chi connectivity index (χ3v) is 7.76. The van der Waals surface area contributed by atoms with Crippen LogP contribution >= 0.6 is 0 Å². The van der Waals surface area contributed by atoms with Gasteiger partial charge in [-0.25, -0.2) is 0 Å². The molecule has 1 aliphatic carbocycles. The molecule has 0 amide bonds. The predicted molar refractivity (Wildman–Crippen MR) is 112 cm³/mol. The summed E-state index contributed by atoms with van der Waals surface area (Å²) < 4.78 is 0. The molecule has 1 aromatic rings. The molecule has 0 bridgehead atoms. The van der Waals surface area contributed by atoms with Crippen LogP contribution in [0.15, 0.2) is 30.3 Å². The van der Waals surface area contributed by atoms with Crippen LogP contribution in [0, 0.1) is 17.3 Å². The Hall–Kier alpha value is -0.900. The van der Waals surface area contributed by atoms with Crippen molar-refractivity contribution < 1.29 is 5.11 Å². The first-order valence-corrected chi connectivity index (χ1v) is 11.4. The second-order valence-corrected chi connectivity index (χ2v) is 9.52. The summed E-state index contributed by atoms with van der Waals surface area (Å²) in [4.78, 5) is 5.37. The summed E-state index contributed by atoms with van der Waals surface area (Å²) in [6.07, 6.45) is 11.0. The van der Waals surface area contributed by atoms with Crippen LogP contribution in [0.2, 0.25) is 0 Å². The lowest BCUT2D eigenvalue weighted by Crippen LogP contribution is -2.46. The molecule has 1 unspecified atom stereocenters. The van der Waals surface area contributed by atoms with E-state index in [1.165, 1.54) is 76.7 Å². The molecule has 3 aliphatic rings. The number of likely N-dealkylation sites (tertiary alicyclic amines) is 2. The van der Waals surface area contributed by atoms with Crippen LogP contribution in [-0.2, 0) is 6.42 Å². The molecule has 150 valence electrons. The van der Waals surface area contributed by atoms with Crippen LogP contribution in [0.5, 0.6) is 0 Å². The molecule has 1 N–H and O–H groups in total. The number of piperidine rings is 1. The van der Waals surface area contributed by atoms with Crippen molar-refractivity contribution >= 4 is 0 Å². The Morgan fingerprint density at radius 1 is 0.963 bits per heavy atom. The maximum absolute atomic E-state index is 10.1. The molecular formula is C24H38N2O. The molecule has 3 heteroatoms. The van der Waals surface area contributed by atoms with E-state index in [0.29, 0.717) is 17.9 Å². The fraction of sp³-hybridized carbons (Fsp3) is 0.750. The van der Waals surface area contributed by atoms with Crippen LogP contribution in [0.25, 0.3) is 0 Å². The average molecular weight is 371 g/mol. The molecule has 2 saturated heterocycles. The molecule has 0 radical (unpaired) electrons. The van der Waals surface area contributed by atoms with Crippen molar-refractivity contribution in [2.24, 2.45) is 17.3 Å². The smallest absolute Gasteiger partial charge is 0.0477 e. The van der Waals surface area contributed by atoms with E-state index in [2.05, 4.69) is 40.1 Å². The summed E-state index contributed by atoms with van der Waals surface area (Å²) in [6, 6.07) is 10.8. The normalized spacial score (nSPS) is 27.4. The highest BCUT2D eigenvalue weighted by Gasteiger charge is 2.47. The van der Waals surface area contributed by atoms with Gasteiger partial charge in [0.2, 0.25) is 0 Å². The van der Waals surface area contributed by atoms with Gasteiger partial charge in [-0.2, -0.15) is 0 Å². The van der Waals surface area contributed by atoms with Gasteiger partial charge in [0.05, 0.1) is 0 Å². The third kappa shape index (κ3) is 4.75. The first kappa shape index (κ1) is 19.4. The van der Waals surface area contributed by atoms with E-state index in [-0.39, 0.29) is 0 Å². The minimum absolute atomic E-state index is 0.366. The quantitative estimate of drug-likeness (QED) is 0.825. The first-order chi connectivity index (χ1) is 13.3. The van der Waals surface area contributed by atoms with Crippen molar-refractivity contribution in [3.8, 4) is 0 Å². The Morgan fingerprint density at radius 3 is 2.41 bits per heavy atom. The van der Waals surface area contributed by atoms with Crippen molar-refractivity contribution in [2.75, 3.05) is 45.9 Å². The van der Waals surface area contributed by atoms with E-state index >= 15 is 0 Å². The number of benzene rings is 1. The van der Waals surface area contributed by atoms with E-state index in [1.54, 1.807) is 0 Å². The monoisotopic (exact) mass is 370 g/mol. The van der Waals surface area contributed by atoms with Gasteiger partial charge in [0.25, 0.3) is 0 Å². The van der Waals surface area contributed by atoms with Gasteiger partial charge < -0.3 is 14.9 Å². The van der Waals surface area contributed by atoms with Gasteiger partial charge in [0.1, 0.15) is 0 Å². The van der Waals surface area contributed by atoms with Gasteiger partial charge in [-0.3, -0.25) is 0 Å². The zero-order valence-electron chi connectivity index (χ0n) is 17.0. The predicted octanol–water partition coefficient (Wildman–Crippen LogP) is 3.82. The molecule has 1 spiro atoms. The van der Waals surface area contributed by atoms with Crippen LogP contribution < -0.4 is 0 Å². The topological polar surface area (TPSA) is 26.7 Å². The lowest BCUT2D eigenvalue weighted by molar-refractivity contribution is 0.0425. The Labute approximate surface area is 165 Å². The Balaban J connectivity index is 1.28. The summed E-state index contributed by atoms with van der Waals surface area (Å²) in [5.41, 5.74) is 1.80. The highest BCUT2D eigenvalue weighted by Crippen LogP contribution is 2.44. The van der Waals surface area contributed by atoms with E-state index in [0.717, 1.165) is 25.4 Å². The molecule has 3 nitrogen and oxygen atoms in total. The number of aliphatic hydroxyl groups is 1.